The first-order chi connectivity index (χ1) is 3.46. The zero-order chi connectivity index (χ0) is 7.15. The van der Waals surface area contributed by atoms with E-state index in [1.54, 1.807) is 0 Å². The SMILES string of the molecule is O=[N+]([O-])[O-].O=[N+]([O-])[O-].[PbH2].[SrH2]. The van der Waals surface area contributed by atoms with E-state index >= 15 is 0 Å². The minimum absolute atomic E-state index is 0. The molecule has 0 aliphatic rings. The third-order valence-corrected chi connectivity index (χ3v) is 0. The van der Waals surface area contributed by atoms with Gasteiger partial charge in [-0.25, -0.2) is 0 Å². The molecule has 10 heavy (non-hydrogen) atoms. The zero-order valence-corrected chi connectivity index (χ0v) is 9.55. The van der Waals surface area contributed by atoms with Crippen LogP contribution in [0.5, 0.6) is 0 Å². The quantitative estimate of drug-likeness (QED) is 0.245. The van der Waals surface area contributed by atoms with Crippen molar-refractivity contribution in [2.45, 2.75) is 0 Å². The van der Waals surface area contributed by atoms with Crippen LogP contribution in [0.25, 0.3) is 0 Å². The molecule has 0 amide bonds. The second-order valence-corrected chi connectivity index (χ2v) is 0.447. The van der Waals surface area contributed by atoms with E-state index in [1.165, 1.54) is 0 Å². The molecule has 0 aliphatic heterocycles. The fourth-order valence-corrected chi connectivity index (χ4v) is 0. The summed E-state index contributed by atoms with van der Waals surface area (Å²) in [6, 6.07) is 0. The fourth-order valence-electron chi connectivity index (χ4n) is 0. The van der Waals surface area contributed by atoms with Crippen LogP contribution in [0.2, 0.25) is 0 Å². The number of nitrogens with zero attached hydrogens (tertiary/aromatic N) is 2. The zero-order valence-electron chi connectivity index (χ0n) is 4.05. The Hall–Kier alpha value is 0.803. The predicted octanol–water partition coefficient (Wildman–Crippen LogP) is -2.31. The van der Waals surface area contributed by atoms with Crippen LogP contribution < -0.4 is 0 Å². The molecule has 0 heterocycles. The van der Waals surface area contributed by atoms with Crippen LogP contribution in [-0.4, -0.2) is 83.0 Å². The van der Waals surface area contributed by atoms with Gasteiger partial charge in [-0.3, -0.25) is 0 Å². The van der Waals surface area contributed by atoms with E-state index in [4.69, 9.17) is 30.6 Å². The van der Waals surface area contributed by atoms with Gasteiger partial charge < -0.3 is 30.6 Å². The summed E-state index contributed by atoms with van der Waals surface area (Å²) in [6.45, 7) is 0. The molecule has 0 rings (SSSR count). The van der Waals surface area contributed by atoms with Crippen molar-refractivity contribution < 1.29 is 10.2 Å². The van der Waals surface area contributed by atoms with Crippen molar-refractivity contribution in [2.75, 3.05) is 0 Å². The summed E-state index contributed by atoms with van der Waals surface area (Å²) in [7, 11) is 0. The molecule has 0 unspecified atom stereocenters. The van der Waals surface area contributed by atoms with E-state index < -0.39 is 10.2 Å². The molecule has 8 nitrogen and oxygen atoms in total. The van der Waals surface area contributed by atoms with E-state index in [0.717, 1.165) is 0 Å². The van der Waals surface area contributed by atoms with Crippen LogP contribution in [0.15, 0.2) is 0 Å². The van der Waals surface area contributed by atoms with E-state index in [0.29, 0.717) is 0 Å². The molecule has 0 aliphatic carbocycles. The standard InChI is InChI=1S/2NO3.Pb.Sr.4H/c2*2-1(3)4;;;;;;/q2*-1;;;;;;. The van der Waals surface area contributed by atoms with Gasteiger partial charge in [0.1, 0.15) is 0 Å². The molecule has 2 radical (unpaired) electrons. The van der Waals surface area contributed by atoms with Gasteiger partial charge in [0.15, 0.2) is 0 Å². The van der Waals surface area contributed by atoms with Crippen molar-refractivity contribution in [3.63, 3.8) is 0 Å². The van der Waals surface area contributed by atoms with Gasteiger partial charge in [-0.15, -0.1) is 0 Å². The molecule has 58 valence electrons. The van der Waals surface area contributed by atoms with Gasteiger partial charge in [0.05, 0.1) is 10.2 Å². The Labute approximate surface area is 112 Å². The Bertz CT molecular complexity index is 73.7. The van der Waals surface area contributed by atoms with E-state index in [1.807, 2.05) is 0 Å². The molecule has 10 heteroatoms. The molecule has 0 saturated carbocycles. The van der Waals surface area contributed by atoms with Gasteiger partial charge in [0.25, 0.3) is 0 Å². The third-order valence-electron chi connectivity index (χ3n) is 0. The molecule has 0 bridgehead atoms. The molecule has 0 fully saturated rings. The summed E-state index contributed by atoms with van der Waals surface area (Å²) in [5, 5.41) is 29.5. The Morgan fingerprint density at radius 3 is 0.800 bits per heavy atom. The molecule has 0 aromatic rings. The Morgan fingerprint density at radius 1 is 0.800 bits per heavy atom. The summed E-state index contributed by atoms with van der Waals surface area (Å²) in [5.41, 5.74) is 0. The molecule has 0 saturated heterocycles. The van der Waals surface area contributed by atoms with Gasteiger partial charge >= 0.3 is 72.8 Å². The monoisotopic (exact) mass is 424 g/mol. The first-order valence-corrected chi connectivity index (χ1v) is 1.10. The Balaban J connectivity index is -0.0000000300. The van der Waals surface area contributed by atoms with E-state index in [9.17, 15) is 0 Å². The van der Waals surface area contributed by atoms with Gasteiger partial charge in [0, 0.05) is 0 Å². The number of hydrogen-bond acceptors (Lipinski definition) is 6. The van der Waals surface area contributed by atoms with E-state index in [-0.39, 0.29) is 72.8 Å². The van der Waals surface area contributed by atoms with Crippen molar-refractivity contribution in [1.29, 1.82) is 0 Å². The van der Waals surface area contributed by atoms with Gasteiger partial charge in [0.2, 0.25) is 0 Å². The van der Waals surface area contributed by atoms with Crippen LogP contribution >= 0.6 is 0 Å². The van der Waals surface area contributed by atoms with Crippen LogP contribution in [0.3, 0.4) is 0 Å². The topological polar surface area (TPSA) is 132 Å². The fraction of sp³-hybridized carbons (Fsp3) is 0. The number of rotatable bonds is 0. The van der Waals surface area contributed by atoms with Crippen molar-refractivity contribution in [3.05, 3.63) is 30.6 Å². The summed E-state index contributed by atoms with van der Waals surface area (Å²) in [6.07, 6.45) is 0. The summed E-state index contributed by atoms with van der Waals surface area (Å²) >= 11 is 0. The molecule has 0 aromatic heterocycles. The molecular weight excluding hydrogens is 419 g/mol. The molecule has 0 aromatic carbocycles. The van der Waals surface area contributed by atoms with Crippen molar-refractivity contribution >= 4 is 72.8 Å². The molecule has 0 spiro atoms. The minimum atomic E-state index is -1.75. The van der Waals surface area contributed by atoms with Crippen LogP contribution in [-0.2, 0) is 0 Å². The average molecular weight is 423 g/mol. The Morgan fingerprint density at radius 2 is 0.800 bits per heavy atom. The van der Waals surface area contributed by atoms with Gasteiger partial charge in [-0.2, -0.15) is 0 Å². The van der Waals surface area contributed by atoms with Crippen molar-refractivity contribution in [2.24, 2.45) is 0 Å². The van der Waals surface area contributed by atoms with Crippen molar-refractivity contribution in [1.82, 2.24) is 0 Å². The second-order valence-electron chi connectivity index (χ2n) is 0.447. The molecular formula is H4N2O6PbSr-2. The summed E-state index contributed by atoms with van der Waals surface area (Å²) in [5.74, 6) is 0. The van der Waals surface area contributed by atoms with Crippen LogP contribution in [0.4, 0.5) is 0 Å². The normalized spacial score (nSPS) is 4.80. The molecule has 0 N–H and O–H groups in total. The maximum absolute atomic E-state index is 8.25. The summed E-state index contributed by atoms with van der Waals surface area (Å²) in [4.78, 5) is 16.5. The third kappa shape index (κ3) is 832. The van der Waals surface area contributed by atoms with Crippen molar-refractivity contribution in [3.8, 4) is 0 Å². The Kier molecular flexibility index (Phi) is 36.8. The predicted molar refractivity (Wildman–Crippen MR) is 37.8 cm³/mol. The van der Waals surface area contributed by atoms with Crippen LogP contribution in [0.1, 0.15) is 0 Å². The first-order valence-electron chi connectivity index (χ1n) is 1.10. The van der Waals surface area contributed by atoms with Gasteiger partial charge in [-0.1, -0.05) is 0 Å². The second kappa shape index (κ2) is 16.4. The maximum atomic E-state index is 8.25. The van der Waals surface area contributed by atoms with E-state index in [2.05, 4.69) is 0 Å². The van der Waals surface area contributed by atoms with Gasteiger partial charge in [-0.05, 0) is 0 Å². The first kappa shape index (κ1) is 22.4. The molecule has 0 atom stereocenters. The average Bonchev–Trinajstić information content (AvgIpc) is 1.25. The number of hydrogen-bond donors (Lipinski definition) is 0. The summed E-state index contributed by atoms with van der Waals surface area (Å²) < 4.78 is 0. The van der Waals surface area contributed by atoms with Crippen LogP contribution in [0, 0.1) is 30.6 Å².